The van der Waals surface area contributed by atoms with Crippen molar-refractivity contribution in [2.24, 2.45) is 5.73 Å². The second-order valence-electron chi connectivity index (χ2n) is 4.71. The van der Waals surface area contributed by atoms with Crippen molar-refractivity contribution >= 4 is 27.4 Å². The molecule has 0 radical (unpaired) electrons. The zero-order valence-corrected chi connectivity index (χ0v) is 12.1. The van der Waals surface area contributed by atoms with Gasteiger partial charge in [-0.1, -0.05) is 24.3 Å². The minimum absolute atomic E-state index is 0.581. The molecule has 0 unspecified atom stereocenters. The SMILES string of the molecule is CN(Cc1ccc(CN)cc1)c1ncnc2sccc12. The van der Waals surface area contributed by atoms with Gasteiger partial charge in [0.25, 0.3) is 0 Å². The molecule has 5 heteroatoms. The Morgan fingerprint density at radius 1 is 1.10 bits per heavy atom. The molecule has 3 aromatic rings. The Labute approximate surface area is 121 Å². The van der Waals surface area contributed by atoms with E-state index in [4.69, 9.17) is 5.73 Å². The number of nitrogens with zero attached hydrogens (tertiary/aromatic N) is 3. The van der Waals surface area contributed by atoms with Crippen LogP contribution in [0.15, 0.2) is 42.0 Å². The summed E-state index contributed by atoms with van der Waals surface area (Å²) in [6.07, 6.45) is 1.63. The molecular formula is C15H16N4S. The van der Waals surface area contributed by atoms with Crippen LogP contribution in [0.3, 0.4) is 0 Å². The smallest absolute Gasteiger partial charge is 0.140 e. The molecule has 0 atom stereocenters. The molecule has 0 aliphatic carbocycles. The molecule has 0 aliphatic rings. The van der Waals surface area contributed by atoms with Crippen molar-refractivity contribution < 1.29 is 0 Å². The Morgan fingerprint density at radius 2 is 1.85 bits per heavy atom. The van der Waals surface area contributed by atoms with Crippen LogP contribution in [-0.4, -0.2) is 17.0 Å². The molecule has 4 nitrogen and oxygen atoms in total. The highest BCUT2D eigenvalue weighted by molar-refractivity contribution is 7.16. The van der Waals surface area contributed by atoms with Crippen LogP contribution in [0.1, 0.15) is 11.1 Å². The van der Waals surface area contributed by atoms with Crippen molar-refractivity contribution in [2.45, 2.75) is 13.1 Å². The molecule has 102 valence electrons. The molecule has 2 aromatic heterocycles. The molecule has 1 aromatic carbocycles. The molecular weight excluding hydrogens is 268 g/mol. The van der Waals surface area contributed by atoms with Crippen molar-refractivity contribution in [3.05, 3.63) is 53.2 Å². The third-order valence-electron chi connectivity index (χ3n) is 3.28. The average molecular weight is 284 g/mol. The van der Waals surface area contributed by atoms with Gasteiger partial charge in [0.15, 0.2) is 0 Å². The molecule has 2 heterocycles. The van der Waals surface area contributed by atoms with E-state index in [0.717, 1.165) is 28.1 Å². The Bertz CT molecular complexity index is 705. The van der Waals surface area contributed by atoms with Crippen LogP contribution < -0.4 is 10.6 Å². The van der Waals surface area contributed by atoms with Crippen LogP contribution >= 0.6 is 11.3 Å². The monoisotopic (exact) mass is 284 g/mol. The topological polar surface area (TPSA) is 55.0 Å². The number of hydrogen-bond acceptors (Lipinski definition) is 5. The summed E-state index contributed by atoms with van der Waals surface area (Å²) in [6, 6.07) is 10.4. The number of fused-ring (bicyclic) bond motifs is 1. The number of benzene rings is 1. The normalized spacial score (nSPS) is 10.9. The van der Waals surface area contributed by atoms with Crippen LogP contribution in [0.2, 0.25) is 0 Å². The van der Waals surface area contributed by atoms with E-state index in [-0.39, 0.29) is 0 Å². The van der Waals surface area contributed by atoms with Gasteiger partial charge in [0.2, 0.25) is 0 Å². The number of hydrogen-bond donors (Lipinski definition) is 1. The highest BCUT2D eigenvalue weighted by atomic mass is 32.1. The predicted octanol–water partition coefficient (Wildman–Crippen LogP) is 2.79. The largest absolute Gasteiger partial charge is 0.355 e. The maximum Gasteiger partial charge on any atom is 0.140 e. The second-order valence-corrected chi connectivity index (χ2v) is 5.61. The maximum atomic E-state index is 5.62. The zero-order chi connectivity index (χ0) is 13.9. The highest BCUT2D eigenvalue weighted by Crippen LogP contribution is 2.26. The molecule has 0 saturated carbocycles. The Balaban J connectivity index is 1.84. The molecule has 0 spiro atoms. The Hall–Kier alpha value is -1.98. The Kier molecular flexibility index (Phi) is 3.62. The first-order valence-electron chi connectivity index (χ1n) is 6.45. The molecule has 20 heavy (non-hydrogen) atoms. The minimum atomic E-state index is 0.581. The highest BCUT2D eigenvalue weighted by Gasteiger charge is 2.09. The van der Waals surface area contributed by atoms with Gasteiger partial charge in [0.05, 0.1) is 5.39 Å². The van der Waals surface area contributed by atoms with E-state index >= 15 is 0 Å². The molecule has 0 aliphatic heterocycles. The summed E-state index contributed by atoms with van der Waals surface area (Å²) in [5.41, 5.74) is 8.01. The summed E-state index contributed by atoms with van der Waals surface area (Å²) >= 11 is 1.64. The van der Waals surface area contributed by atoms with Gasteiger partial charge in [0.1, 0.15) is 17.0 Å². The molecule has 0 bridgehead atoms. The fraction of sp³-hybridized carbons (Fsp3) is 0.200. The van der Waals surface area contributed by atoms with Crippen LogP contribution in [0.25, 0.3) is 10.2 Å². The third-order valence-corrected chi connectivity index (χ3v) is 4.10. The molecule has 2 N–H and O–H groups in total. The minimum Gasteiger partial charge on any atom is -0.355 e. The molecule has 0 amide bonds. The van der Waals surface area contributed by atoms with E-state index in [1.54, 1.807) is 17.7 Å². The molecule has 0 saturated heterocycles. The Morgan fingerprint density at radius 3 is 2.60 bits per heavy atom. The fourth-order valence-corrected chi connectivity index (χ4v) is 2.94. The van der Waals surface area contributed by atoms with Gasteiger partial charge in [-0.3, -0.25) is 0 Å². The quantitative estimate of drug-likeness (QED) is 0.800. The van der Waals surface area contributed by atoms with Crippen molar-refractivity contribution in [1.82, 2.24) is 9.97 Å². The van der Waals surface area contributed by atoms with Gasteiger partial charge < -0.3 is 10.6 Å². The van der Waals surface area contributed by atoms with Crippen LogP contribution in [0.5, 0.6) is 0 Å². The van der Waals surface area contributed by atoms with Crippen LogP contribution in [0.4, 0.5) is 5.82 Å². The standard InChI is InChI=1S/C15H16N4S/c1-19(9-12-4-2-11(8-16)3-5-12)14-13-6-7-20-15(13)18-10-17-14/h2-7,10H,8-9,16H2,1H3. The van der Waals surface area contributed by atoms with Crippen molar-refractivity contribution in [2.75, 3.05) is 11.9 Å². The van der Waals surface area contributed by atoms with Crippen LogP contribution in [0, 0.1) is 0 Å². The van der Waals surface area contributed by atoms with Gasteiger partial charge in [0, 0.05) is 20.1 Å². The van der Waals surface area contributed by atoms with Crippen molar-refractivity contribution in [1.29, 1.82) is 0 Å². The summed E-state index contributed by atoms with van der Waals surface area (Å²) in [5.74, 6) is 0.971. The predicted molar refractivity (Wildman–Crippen MR) is 83.9 cm³/mol. The second kappa shape index (κ2) is 5.56. The fourth-order valence-electron chi connectivity index (χ4n) is 2.21. The lowest BCUT2D eigenvalue weighted by Crippen LogP contribution is -2.18. The first kappa shape index (κ1) is 13.0. The summed E-state index contributed by atoms with van der Waals surface area (Å²) in [6.45, 7) is 1.39. The first-order chi connectivity index (χ1) is 9.78. The van der Waals surface area contributed by atoms with Gasteiger partial charge in [-0.2, -0.15) is 0 Å². The van der Waals surface area contributed by atoms with Gasteiger partial charge in [-0.15, -0.1) is 11.3 Å². The van der Waals surface area contributed by atoms with E-state index in [9.17, 15) is 0 Å². The van der Waals surface area contributed by atoms with E-state index in [0.29, 0.717) is 6.54 Å². The van der Waals surface area contributed by atoms with E-state index < -0.39 is 0 Å². The third kappa shape index (κ3) is 2.50. The summed E-state index contributed by atoms with van der Waals surface area (Å²) in [5, 5.41) is 3.16. The number of anilines is 1. The molecule has 0 fully saturated rings. The number of thiophene rings is 1. The maximum absolute atomic E-state index is 5.62. The van der Waals surface area contributed by atoms with E-state index in [1.807, 2.05) is 5.38 Å². The van der Waals surface area contributed by atoms with Crippen LogP contribution in [-0.2, 0) is 13.1 Å². The zero-order valence-electron chi connectivity index (χ0n) is 11.3. The lowest BCUT2D eigenvalue weighted by atomic mass is 10.1. The van der Waals surface area contributed by atoms with Crippen molar-refractivity contribution in [3.8, 4) is 0 Å². The lowest BCUT2D eigenvalue weighted by Gasteiger charge is -2.19. The average Bonchev–Trinajstić information content (AvgIpc) is 2.96. The number of aromatic nitrogens is 2. The number of rotatable bonds is 4. The summed E-state index contributed by atoms with van der Waals surface area (Å²) < 4.78 is 0. The summed E-state index contributed by atoms with van der Waals surface area (Å²) in [7, 11) is 2.05. The van der Waals surface area contributed by atoms with E-state index in [1.165, 1.54) is 5.56 Å². The molecule has 3 rings (SSSR count). The summed E-state index contributed by atoms with van der Waals surface area (Å²) in [4.78, 5) is 11.9. The van der Waals surface area contributed by atoms with Crippen molar-refractivity contribution in [3.63, 3.8) is 0 Å². The van der Waals surface area contributed by atoms with Gasteiger partial charge in [-0.25, -0.2) is 9.97 Å². The number of nitrogens with two attached hydrogens (primary N) is 1. The lowest BCUT2D eigenvalue weighted by molar-refractivity contribution is 0.899. The van der Waals surface area contributed by atoms with Gasteiger partial charge in [-0.05, 0) is 22.6 Å². The van der Waals surface area contributed by atoms with E-state index in [2.05, 4.69) is 52.2 Å². The van der Waals surface area contributed by atoms with Gasteiger partial charge >= 0.3 is 0 Å². The first-order valence-corrected chi connectivity index (χ1v) is 7.33.